The van der Waals surface area contributed by atoms with Gasteiger partial charge in [0.1, 0.15) is 12.3 Å². The van der Waals surface area contributed by atoms with Gasteiger partial charge in [-0.3, -0.25) is 67.1 Å². The molecule has 0 saturated heterocycles. The Balaban J connectivity index is 0.000000154. The Kier molecular flexibility index (Phi) is 28.1. The molecule has 0 amide bonds. The highest BCUT2D eigenvalue weighted by Gasteiger charge is 2.84. The predicted molar refractivity (Wildman–Crippen MR) is 483 cm³/mol. The van der Waals surface area contributed by atoms with Crippen molar-refractivity contribution in [1.82, 2.24) is 0 Å². The van der Waals surface area contributed by atoms with Crippen molar-refractivity contribution in [2.75, 3.05) is 25.0 Å². The number of aliphatic hydroxyl groups is 4. The Morgan fingerprint density at radius 2 is 0.625 bits per heavy atom. The van der Waals surface area contributed by atoms with Crippen molar-refractivity contribution in [3.8, 4) is 0 Å². The summed E-state index contributed by atoms with van der Waals surface area (Å²) in [6.07, 6.45) is 9.69. The smallest absolute Gasteiger partial charge is 0.306 e. The molecule has 0 aromatic carbocycles. The Hall–Kier alpha value is -7.90. The largest absolute Gasteiger partial charge is 0.458 e. The van der Waals surface area contributed by atoms with Gasteiger partial charge in [-0.1, -0.05) is 119 Å². The molecule has 34 atom stereocenters. The summed E-state index contributed by atoms with van der Waals surface area (Å²) in [6.45, 7) is 28.4. The number of aliphatic hydroxyl groups excluding tert-OH is 4. The normalized spacial score (nSPS) is 46.1. The van der Waals surface area contributed by atoms with Gasteiger partial charge in [0.25, 0.3) is 0 Å². The van der Waals surface area contributed by atoms with Crippen LogP contribution >= 0.6 is 23.2 Å². The molecule has 0 spiro atoms. The Labute approximate surface area is 799 Å². The summed E-state index contributed by atoms with van der Waals surface area (Å²) in [7, 11) is 0. The number of hydrogen-bond acceptors (Lipinski definition) is 24. The van der Waals surface area contributed by atoms with Gasteiger partial charge in [0.15, 0.2) is 93.0 Å². The van der Waals surface area contributed by atoms with Gasteiger partial charge in [-0.2, -0.15) is 0 Å². The number of esters is 6. The molecule has 0 aromatic rings. The van der Waals surface area contributed by atoms with Crippen LogP contribution in [0, 0.1) is 114 Å². The maximum atomic E-state index is 17.4. The summed E-state index contributed by atoms with van der Waals surface area (Å²) >= 11 is 12.0. The van der Waals surface area contributed by atoms with Crippen molar-refractivity contribution in [3.63, 3.8) is 0 Å². The number of Topliss-reactive ketones (excluding diaryl/α,β-unsaturated/α-hetero) is 4. The van der Waals surface area contributed by atoms with E-state index in [1.165, 1.54) is 62.5 Å². The maximum absolute atomic E-state index is 17.4. The van der Waals surface area contributed by atoms with Gasteiger partial charge >= 0.3 is 35.8 Å². The van der Waals surface area contributed by atoms with E-state index >= 15 is 26.3 Å². The monoisotopic (exact) mass is 1950 g/mol. The van der Waals surface area contributed by atoms with Crippen molar-refractivity contribution in [2.45, 2.75) is 322 Å². The van der Waals surface area contributed by atoms with E-state index in [1.54, 1.807) is 88.3 Å². The predicted octanol–water partition coefficient (Wildman–Crippen LogP) is 15.0. The summed E-state index contributed by atoms with van der Waals surface area (Å²) in [6, 6.07) is 0. The molecule has 16 aliphatic rings. The van der Waals surface area contributed by atoms with Gasteiger partial charge in [0.2, 0.25) is 11.6 Å². The van der Waals surface area contributed by atoms with Crippen molar-refractivity contribution in [3.05, 3.63) is 95.2 Å². The molecule has 0 aromatic heterocycles. The molecule has 12 fully saturated rings. The molecule has 0 heterocycles. The molecule has 0 aliphatic heterocycles. The first-order chi connectivity index (χ1) is 63.2. The highest BCUT2D eigenvalue weighted by Crippen LogP contribution is 2.78. The molecule has 16 rings (SSSR count). The molecule has 24 nitrogen and oxygen atoms in total. The second-order valence-electron chi connectivity index (χ2n) is 43.6. The Morgan fingerprint density at radius 3 is 0.912 bits per heavy atom. The standard InChI is InChI=1S/C28H37FO7.C26H32F2O7.C25H31ClF2O5.C25H32ClFO5/c1-6-23(33)35-15-22(32)28(36-24(34)7-2)16(3)12-20-19-9-8-17-13-18(30)10-11-25(17,4)27(19,29)21(31)14-26(20,28)5;1-13-8-17-18-10-20(27)19-9-16(31)6-7-23(19,4)25(18,28)21(32)11-24(17,5)26(13,35-15(3)30)22(33)12-34-14(2)29;1-5-21(32)33-25(20(31)12-26)13(2)8-15-16-10-18(27)17-9-14(29)6-7-22(17,3)24(16,28)19(30)11-23(15,25)4;1-5-21(31)32-25(20(30)13-26)14(2)10-18-17-7-6-15-11-16(28)8-9-22(15,3)24(17,27)19(29)12-23(18,25)4/h10-11,13,16,19-21,31H,6-9,12,14-15H2,1-5H3;6-7,9,13,17-18,20-21,32H,8,10-12H2,1-5H3;6-7,9,13,15-16,18-19,30H,5,8,10-12H2,1-4H3;8-9,11,14,17-19,29H,5-7,10,12-13H2,1-4H3/t16-,19-,20-,21-,25-,26-,27-,28-;13-,17-,18-,20-,21-,23-,24-,25-,26-;13-,15-,16-,18-,19-,22-,23-,24-,25-;14-,17-,18-,19-,22-,23-,24-,25-/m0000/s1. The lowest BCUT2D eigenvalue weighted by Gasteiger charge is -2.63. The molecule has 0 bridgehead atoms. The molecule has 748 valence electrons. The highest BCUT2D eigenvalue weighted by atomic mass is 35.5. The fourth-order valence-electron chi connectivity index (χ4n) is 31.4. The first kappa shape index (κ1) is 105. The number of carbonyl (C=O) groups is 14. The van der Waals surface area contributed by atoms with Crippen molar-refractivity contribution in [1.29, 1.82) is 0 Å². The van der Waals surface area contributed by atoms with Gasteiger partial charge in [0.05, 0.1) is 36.2 Å². The lowest BCUT2D eigenvalue weighted by Crippen LogP contribution is -2.71. The lowest BCUT2D eigenvalue weighted by atomic mass is 9.44. The zero-order chi connectivity index (χ0) is 101. The SMILES string of the molecule is CC(=O)OCC(=O)[C@@]1(OC(C)=O)[C@@H](C)C[C@H]2[C@@H]3C[C@H](F)C4=CC(=O)C=C[C@]4(C)[C@@]3(F)[C@@H](O)C[C@@]21C.CCC(=O)OCC(=O)[C@@]1(OC(=O)CC)[C@@H](C)C[C@H]2[C@@H]3CCC4=CC(=O)C=C[C@]4(C)[C@@]3(F)[C@@H](O)C[C@@]21C.CCC(=O)O[C@]1(C(=O)CCl)[C@@H](C)C[C@H]2[C@@H]3CCC4=CC(=O)C=C[C@]4(C)[C@@]3(F)[C@@H](O)C[C@@]21C.CCC(=O)O[C@]1(C(=O)CCl)[C@@H](C)C[C@H]2[C@@H]3C[C@H](F)C4=CC(=O)C=C[C@]4(C)[C@@]3(F)[C@@H](O)C[C@@]21C. The van der Waals surface area contributed by atoms with Crippen LogP contribution in [0.3, 0.4) is 0 Å². The highest BCUT2D eigenvalue weighted by molar-refractivity contribution is 6.29. The van der Waals surface area contributed by atoms with Crippen molar-refractivity contribution >= 4 is 105 Å². The van der Waals surface area contributed by atoms with Crippen LogP contribution in [0.2, 0.25) is 0 Å². The summed E-state index contributed by atoms with van der Waals surface area (Å²) in [4.78, 5) is 175. The third-order valence-corrected chi connectivity index (χ3v) is 38.1. The number of halogens is 8. The van der Waals surface area contributed by atoms with Crippen LogP contribution in [0.25, 0.3) is 0 Å². The topological polar surface area (TPSA) is 375 Å². The average Bonchev–Trinajstić information content (AvgIpc) is 1.45. The van der Waals surface area contributed by atoms with Crippen LogP contribution in [0.5, 0.6) is 0 Å². The minimum absolute atomic E-state index is 0.00892. The second-order valence-corrected chi connectivity index (χ2v) is 44.1. The number of fused-ring (bicyclic) bond motifs is 20. The number of rotatable bonds is 18. The number of ketones is 8. The first-order valence-electron chi connectivity index (χ1n) is 48.2. The lowest BCUT2D eigenvalue weighted by molar-refractivity contribution is -0.231. The minimum atomic E-state index is -2.31. The van der Waals surface area contributed by atoms with E-state index in [-0.39, 0.29) is 123 Å². The molecular formula is C104H132Cl2F6O24. The van der Waals surface area contributed by atoms with Crippen molar-refractivity contribution < 1.29 is 142 Å². The number of alkyl halides is 8. The number of hydrogen-bond donors (Lipinski definition) is 4. The van der Waals surface area contributed by atoms with Crippen LogP contribution in [0.4, 0.5) is 26.3 Å². The van der Waals surface area contributed by atoms with Crippen LogP contribution in [0.15, 0.2) is 95.2 Å². The van der Waals surface area contributed by atoms with Crippen LogP contribution < -0.4 is 0 Å². The van der Waals surface area contributed by atoms with Gasteiger partial charge in [0, 0.05) is 130 Å². The number of ether oxygens (including phenoxy) is 6. The summed E-state index contributed by atoms with van der Waals surface area (Å²) in [5.74, 6) is -14.5. The zero-order valence-corrected chi connectivity index (χ0v) is 82.4. The summed E-state index contributed by atoms with van der Waals surface area (Å²) in [5, 5.41) is 45.7. The Morgan fingerprint density at radius 1 is 0.360 bits per heavy atom. The van der Waals surface area contributed by atoms with Crippen LogP contribution in [-0.4, -0.2) is 209 Å². The van der Waals surface area contributed by atoms with Gasteiger partial charge in [-0.15, -0.1) is 23.2 Å². The number of carbonyl (C=O) groups excluding carboxylic acids is 14. The average molecular weight is 1950 g/mol. The van der Waals surface area contributed by atoms with E-state index in [0.29, 0.717) is 56.1 Å². The summed E-state index contributed by atoms with van der Waals surface area (Å²) in [5.41, 5.74) is -23.5. The van der Waals surface area contributed by atoms with E-state index in [1.807, 2.05) is 20.8 Å². The molecule has 12 saturated carbocycles. The van der Waals surface area contributed by atoms with Crippen LogP contribution in [-0.2, 0) is 95.5 Å². The zero-order valence-electron chi connectivity index (χ0n) is 80.9. The van der Waals surface area contributed by atoms with Gasteiger partial charge < -0.3 is 48.8 Å². The fraction of sp³-hybridized carbons (Fsp3) is 0.712. The molecule has 0 unspecified atom stereocenters. The van der Waals surface area contributed by atoms with Gasteiger partial charge in [-0.05, 0) is 201 Å². The molecule has 16 aliphatic carbocycles. The van der Waals surface area contributed by atoms with Crippen LogP contribution in [0.1, 0.15) is 240 Å². The van der Waals surface area contributed by atoms with Crippen molar-refractivity contribution in [2.24, 2.45) is 114 Å². The maximum Gasteiger partial charge on any atom is 0.306 e. The quantitative estimate of drug-likeness (QED) is 0.0428. The first-order valence-corrected chi connectivity index (χ1v) is 49.2. The Bertz CT molecular complexity index is 5250. The minimum Gasteiger partial charge on any atom is -0.458 e. The molecule has 4 N–H and O–H groups in total. The van der Waals surface area contributed by atoms with E-state index in [9.17, 15) is 87.5 Å². The number of allylic oxidation sites excluding steroid dienone is 16. The molecule has 32 heteroatoms. The third-order valence-electron chi connectivity index (χ3n) is 37.7. The second kappa shape index (κ2) is 36.3. The molecule has 136 heavy (non-hydrogen) atoms. The van der Waals surface area contributed by atoms with Gasteiger partial charge in [-0.25, -0.2) is 26.3 Å². The summed E-state index contributed by atoms with van der Waals surface area (Å²) < 4.78 is 134. The van der Waals surface area contributed by atoms with E-state index < -0.39 is 262 Å². The fourth-order valence-corrected chi connectivity index (χ4v) is 31.8. The van der Waals surface area contributed by atoms with E-state index in [0.717, 1.165) is 26.0 Å². The van der Waals surface area contributed by atoms with E-state index in [4.69, 9.17) is 51.6 Å². The van der Waals surface area contributed by atoms with E-state index in [2.05, 4.69) is 0 Å². The molecular weight excluding hydrogens is 1820 g/mol. The molecule has 0 radical (unpaired) electrons. The third kappa shape index (κ3) is 14.6.